The summed E-state index contributed by atoms with van der Waals surface area (Å²) < 4.78 is 33.7. The lowest BCUT2D eigenvalue weighted by Gasteiger charge is -2.09. The normalized spacial score (nSPS) is 20.2. The Balaban J connectivity index is 1.86. The number of methoxy groups -OCH3 is 1. The lowest BCUT2D eigenvalue weighted by molar-refractivity contribution is 0.0914. The van der Waals surface area contributed by atoms with Crippen LogP contribution in [0.15, 0.2) is 22.6 Å². The van der Waals surface area contributed by atoms with Gasteiger partial charge in [-0.25, -0.2) is 8.42 Å². The first-order valence-electron chi connectivity index (χ1n) is 6.98. The molecule has 2 aromatic rings. The highest BCUT2D eigenvalue weighted by Crippen LogP contribution is 2.29. The van der Waals surface area contributed by atoms with Crippen LogP contribution in [0, 0.1) is 6.92 Å². The Kier molecular flexibility index (Phi) is 3.60. The summed E-state index contributed by atoms with van der Waals surface area (Å²) in [5.74, 6) is 0.632. The number of hydrogen-bond acceptors (Lipinski definition) is 5. The van der Waals surface area contributed by atoms with Gasteiger partial charge in [-0.3, -0.25) is 4.79 Å². The van der Waals surface area contributed by atoms with E-state index in [1.807, 2.05) is 6.07 Å². The van der Waals surface area contributed by atoms with Gasteiger partial charge in [0.2, 0.25) is 0 Å². The van der Waals surface area contributed by atoms with Crippen molar-refractivity contribution < 1.29 is 22.4 Å². The van der Waals surface area contributed by atoms with Crippen molar-refractivity contribution in [3.8, 4) is 5.75 Å². The Labute approximate surface area is 128 Å². The molecule has 1 aliphatic heterocycles. The number of aryl methyl sites for hydroxylation is 1. The first kappa shape index (κ1) is 14.9. The molecule has 6 nitrogen and oxygen atoms in total. The molecule has 0 bridgehead atoms. The van der Waals surface area contributed by atoms with Crippen molar-refractivity contribution in [3.05, 3.63) is 29.5 Å². The molecule has 1 aromatic carbocycles. The van der Waals surface area contributed by atoms with Crippen LogP contribution in [0.3, 0.4) is 0 Å². The van der Waals surface area contributed by atoms with Crippen molar-refractivity contribution in [2.75, 3.05) is 18.6 Å². The van der Waals surface area contributed by atoms with Gasteiger partial charge in [-0.05, 0) is 31.5 Å². The summed E-state index contributed by atoms with van der Waals surface area (Å²) in [5, 5.41) is 3.55. The van der Waals surface area contributed by atoms with Gasteiger partial charge in [0.1, 0.15) is 11.3 Å². The number of ether oxygens (including phenoxy) is 1. The molecule has 1 atom stereocenters. The van der Waals surface area contributed by atoms with E-state index >= 15 is 0 Å². The third-order valence-corrected chi connectivity index (χ3v) is 5.69. The molecule has 1 aliphatic rings. The molecule has 0 saturated carbocycles. The zero-order valence-corrected chi connectivity index (χ0v) is 13.2. The smallest absolute Gasteiger partial charge is 0.287 e. The van der Waals surface area contributed by atoms with Gasteiger partial charge in [0.15, 0.2) is 15.6 Å². The van der Waals surface area contributed by atoms with Crippen LogP contribution >= 0.6 is 0 Å². The van der Waals surface area contributed by atoms with Gasteiger partial charge >= 0.3 is 0 Å². The Morgan fingerprint density at radius 2 is 2.18 bits per heavy atom. The quantitative estimate of drug-likeness (QED) is 0.928. The van der Waals surface area contributed by atoms with E-state index in [1.165, 1.54) is 0 Å². The lowest BCUT2D eigenvalue weighted by Crippen LogP contribution is -2.35. The molecular formula is C15H17NO5S. The van der Waals surface area contributed by atoms with E-state index in [2.05, 4.69) is 5.32 Å². The highest BCUT2D eigenvalue weighted by Gasteiger charge is 2.30. The summed E-state index contributed by atoms with van der Waals surface area (Å²) in [6.07, 6.45) is 0.446. The molecule has 1 fully saturated rings. The van der Waals surface area contributed by atoms with Crippen molar-refractivity contribution in [2.45, 2.75) is 19.4 Å². The Morgan fingerprint density at radius 3 is 2.82 bits per heavy atom. The number of carbonyl (C=O) groups is 1. The van der Waals surface area contributed by atoms with Crippen molar-refractivity contribution in [1.82, 2.24) is 5.32 Å². The van der Waals surface area contributed by atoms with Gasteiger partial charge in [0.05, 0.1) is 18.6 Å². The van der Waals surface area contributed by atoms with Crippen LogP contribution in [0.25, 0.3) is 11.0 Å². The first-order chi connectivity index (χ1) is 10.4. The van der Waals surface area contributed by atoms with Crippen LogP contribution < -0.4 is 10.1 Å². The third kappa shape index (κ3) is 2.68. The summed E-state index contributed by atoms with van der Waals surface area (Å²) in [6, 6.07) is 4.97. The number of amides is 1. The number of sulfone groups is 1. The molecule has 1 amide bonds. The molecule has 0 aliphatic carbocycles. The van der Waals surface area contributed by atoms with Gasteiger partial charge < -0.3 is 14.5 Å². The van der Waals surface area contributed by atoms with Crippen LogP contribution in [0.1, 0.15) is 22.5 Å². The number of carbonyl (C=O) groups excluding carboxylic acids is 1. The molecular weight excluding hydrogens is 306 g/mol. The van der Waals surface area contributed by atoms with E-state index in [4.69, 9.17) is 9.15 Å². The molecule has 7 heteroatoms. The average molecular weight is 323 g/mol. The number of nitrogens with one attached hydrogen (secondary N) is 1. The average Bonchev–Trinajstić information content (AvgIpc) is 2.98. The topological polar surface area (TPSA) is 85.6 Å². The zero-order valence-electron chi connectivity index (χ0n) is 12.4. The summed E-state index contributed by atoms with van der Waals surface area (Å²) in [5.41, 5.74) is 1.31. The second kappa shape index (κ2) is 5.31. The van der Waals surface area contributed by atoms with Crippen molar-refractivity contribution >= 4 is 26.7 Å². The monoisotopic (exact) mass is 323 g/mol. The fourth-order valence-corrected chi connectivity index (χ4v) is 4.38. The molecule has 0 spiro atoms. The number of hydrogen-bond donors (Lipinski definition) is 1. The summed E-state index contributed by atoms with van der Waals surface area (Å²) in [6.45, 7) is 1.80. The number of benzene rings is 1. The van der Waals surface area contributed by atoms with Crippen LogP contribution in [-0.4, -0.2) is 39.0 Å². The van der Waals surface area contributed by atoms with E-state index in [1.54, 1.807) is 26.2 Å². The molecule has 3 rings (SSSR count). The minimum atomic E-state index is -3.03. The summed E-state index contributed by atoms with van der Waals surface area (Å²) >= 11 is 0. The fraction of sp³-hybridized carbons (Fsp3) is 0.400. The third-order valence-electron chi connectivity index (χ3n) is 3.92. The van der Waals surface area contributed by atoms with Crippen molar-refractivity contribution in [3.63, 3.8) is 0 Å². The Hall–Kier alpha value is -2.02. The van der Waals surface area contributed by atoms with Gasteiger partial charge in [0.25, 0.3) is 5.91 Å². The zero-order chi connectivity index (χ0) is 15.9. The number of rotatable bonds is 3. The van der Waals surface area contributed by atoms with Gasteiger partial charge in [-0.15, -0.1) is 0 Å². The number of fused-ring (bicyclic) bond motifs is 1. The maximum Gasteiger partial charge on any atom is 0.287 e. The van der Waals surface area contributed by atoms with E-state index in [0.717, 1.165) is 5.39 Å². The molecule has 118 valence electrons. The Bertz CT molecular complexity index is 837. The largest absolute Gasteiger partial charge is 0.497 e. The maximum atomic E-state index is 12.3. The van der Waals surface area contributed by atoms with Crippen molar-refractivity contribution in [2.24, 2.45) is 0 Å². The molecule has 1 aromatic heterocycles. The molecule has 22 heavy (non-hydrogen) atoms. The predicted octanol–water partition coefficient (Wildman–Crippen LogP) is 1.67. The van der Waals surface area contributed by atoms with Gasteiger partial charge in [0, 0.05) is 17.0 Å². The predicted molar refractivity (Wildman–Crippen MR) is 82.0 cm³/mol. The van der Waals surface area contributed by atoms with Crippen LogP contribution in [0.2, 0.25) is 0 Å². The summed E-state index contributed by atoms with van der Waals surface area (Å²) in [4.78, 5) is 12.3. The highest BCUT2D eigenvalue weighted by atomic mass is 32.2. The minimum absolute atomic E-state index is 0.00810. The van der Waals surface area contributed by atoms with Crippen LogP contribution in [0.5, 0.6) is 5.75 Å². The van der Waals surface area contributed by atoms with E-state index in [0.29, 0.717) is 23.3 Å². The van der Waals surface area contributed by atoms with E-state index < -0.39 is 9.84 Å². The highest BCUT2D eigenvalue weighted by molar-refractivity contribution is 7.91. The molecule has 2 heterocycles. The molecule has 1 N–H and O–H groups in total. The second-order valence-electron chi connectivity index (χ2n) is 5.49. The SMILES string of the molecule is COc1ccc2oc(C(=O)N[C@H]3CCS(=O)(=O)C3)c(C)c2c1. The fourth-order valence-electron chi connectivity index (χ4n) is 2.70. The molecule has 0 radical (unpaired) electrons. The molecule has 1 saturated heterocycles. The maximum absolute atomic E-state index is 12.3. The van der Waals surface area contributed by atoms with E-state index in [9.17, 15) is 13.2 Å². The first-order valence-corrected chi connectivity index (χ1v) is 8.80. The van der Waals surface area contributed by atoms with Gasteiger partial charge in [-0.1, -0.05) is 0 Å². The van der Waals surface area contributed by atoms with Crippen LogP contribution in [0.4, 0.5) is 0 Å². The van der Waals surface area contributed by atoms with Crippen molar-refractivity contribution in [1.29, 1.82) is 0 Å². The van der Waals surface area contributed by atoms with E-state index in [-0.39, 0.29) is 29.2 Å². The standard InChI is InChI=1S/C15H17NO5S/c1-9-12-7-11(20-2)3-4-13(12)21-14(9)15(17)16-10-5-6-22(18,19)8-10/h3-4,7,10H,5-6,8H2,1-2H3,(H,16,17)/t10-/m0/s1. The van der Waals surface area contributed by atoms with Crippen LogP contribution in [-0.2, 0) is 9.84 Å². The summed E-state index contributed by atoms with van der Waals surface area (Å²) in [7, 11) is -1.45. The lowest BCUT2D eigenvalue weighted by atomic mass is 10.1. The minimum Gasteiger partial charge on any atom is -0.497 e. The number of furan rings is 1. The van der Waals surface area contributed by atoms with Gasteiger partial charge in [-0.2, -0.15) is 0 Å². The second-order valence-corrected chi connectivity index (χ2v) is 7.72. The Morgan fingerprint density at radius 1 is 1.41 bits per heavy atom. The molecule has 0 unspecified atom stereocenters.